The van der Waals surface area contributed by atoms with E-state index in [-0.39, 0.29) is 5.91 Å². The number of likely N-dealkylation sites (N-methyl/N-ethyl adjacent to an activating group) is 1. The van der Waals surface area contributed by atoms with Crippen LogP contribution in [0.2, 0.25) is 0 Å². The highest BCUT2D eigenvalue weighted by atomic mass is 16.5. The number of nitrogens with zero attached hydrogens (tertiary/aromatic N) is 3. The van der Waals surface area contributed by atoms with Gasteiger partial charge >= 0.3 is 0 Å². The van der Waals surface area contributed by atoms with E-state index >= 15 is 0 Å². The summed E-state index contributed by atoms with van der Waals surface area (Å²) in [6, 6.07) is 9.34. The Bertz CT molecular complexity index is 713. The van der Waals surface area contributed by atoms with Crippen molar-refractivity contribution in [3.63, 3.8) is 0 Å². The van der Waals surface area contributed by atoms with Crippen LogP contribution in [0.4, 0.5) is 11.4 Å². The average molecular weight is 340 g/mol. The Balaban J connectivity index is 1.78. The predicted octanol–water partition coefficient (Wildman–Crippen LogP) is 2.48. The minimum atomic E-state index is -0.171. The van der Waals surface area contributed by atoms with Crippen molar-refractivity contribution in [1.29, 1.82) is 0 Å². The summed E-state index contributed by atoms with van der Waals surface area (Å²) in [4.78, 5) is 21.0. The van der Waals surface area contributed by atoms with Crippen LogP contribution in [-0.4, -0.2) is 55.6 Å². The fraction of sp³-hybridized carbons (Fsp3) is 0.368. The second kappa shape index (κ2) is 7.98. The highest BCUT2D eigenvalue weighted by Crippen LogP contribution is 2.31. The molecule has 6 heteroatoms. The Hall–Kier alpha value is -2.60. The maximum atomic E-state index is 12.4. The number of ether oxygens (including phenoxy) is 1. The van der Waals surface area contributed by atoms with E-state index in [1.807, 2.05) is 25.1 Å². The maximum absolute atomic E-state index is 12.4. The third-order valence-electron chi connectivity index (χ3n) is 4.32. The van der Waals surface area contributed by atoms with Gasteiger partial charge in [-0.05, 0) is 38.2 Å². The van der Waals surface area contributed by atoms with Crippen LogP contribution in [0, 0.1) is 0 Å². The highest BCUT2D eigenvalue weighted by Gasteiger charge is 2.17. The van der Waals surface area contributed by atoms with Gasteiger partial charge < -0.3 is 19.9 Å². The number of hydrogen-bond donors (Lipinski definition) is 1. The van der Waals surface area contributed by atoms with Gasteiger partial charge in [0.2, 0.25) is 0 Å². The maximum Gasteiger partial charge on any atom is 0.255 e. The van der Waals surface area contributed by atoms with Crippen LogP contribution in [0.1, 0.15) is 17.3 Å². The molecular weight excluding hydrogens is 316 g/mol. The summed E-state index contributed by atoms with van der Waals surface area (Å²) in [7, 11) is 2.14. The number of hydrogen-bond acceptors (Lipinski definition) is 5. The first-order valence-electron chi connectivity index (χ1n) is 8.59. The number of pyridine rings is 1. The van der Waals surface area contributed by atoms with Crippen molar-refractivity contribution in [3.8, 4) is 5.75 Å². The smallest absolute Gasteiger partial charge is 0.255 e. The summed E-state index contributed by atoms with van der Waals surface area (Å²) in [5.74, 6) is 0.525. The van der Waals surface area contributed by atoms with Gasteiger partial charge in [0.1, 0.15) is 5.75 Å². The van der Waals surface area contributed by atoms with Crippen molar-refractivity contribution in [1.82, 2.24) is 9.88 Å². The third kappa shape index (κ3) is 4.28. The number of amides is 1. The zero-order valence-electron chi connectivity index (χ0n) is 14.7. The molecule has 0 spiro atoms. The zero-order valence-corrected chi connectivity index (χ0v) is 14.7. The predicted molar refractivity (Wildman–Crippen MR) is 99.5 cm³/mol. The lowest BCUT2D eigenvalue weighted by Crippen LogP contribution is -2.44. The van der Waals surface area contributed by atoms with E-state index in [1.54, 1.807) is 24.5 Å². The van der Waals surface area contributed by atoms with Gasteiger partial charge in [0.05, 0.1) is 12.3 Å². The second-order valence-corrected chi connectivity index (χ2v) is 6.09. The molecule has 1 aliphatic heterocycles. The van der Waals surface area contributed by atoms with Crippen molar-refractivity contribution in [2.24, 2.45) is 0 Å². The van der Waals surface area contributed by atoms with Crippen molar-refractivity contribution < 1.29 is 9.53 Å². The highest BCUT2D eigenvalue weighted by molar-refractivity contribution is 6.05. The zero-order chi connectivity index (χ0) is 17.6. The quantitative estimate of drug-likeness (QED) is 0.906. The molecule has 2 aromatic rings. The van der Waals surface area contributed by atoms with E-state index in [2.05, 4.69) is 27.1 Å². The van der Waals surface area contributed by atoms with Gasteiger partial charge in [-0.25, -0.2) is 0 Å². The number of nitrogens with one attached hydrogen (secondary N) is 1. The minimum Gasteiger partial charge on any atom is -0.492 e. The summed E-state index contributed by atoms with van der Waals surface area (Å²) >= 11 is 0. The van der Waals surface area contributed by atoms with Crippen molar-refractivity contribution in [2.45, 2.75) is 6.92 Å². The number of carbonyl (C=O) groups is 1. The van der Waals surface area contributed by atoms with Gasteiger partial charge in [0.15, 0.2) is 0 Å². The van der Waals surface area contributed by atoms with Crippen LogP contribution in [-0.2, 0) is 0 Å². The molecule has 1 aromatic carbocycles. The minimum absolute atomic E-state index is 0.171. The summed E-state index contributed by atoms with van der Waals surface area (Å²) in [5.41, 5.74) is 2.38. The van der Waals surface area contributed by atoms with E-state index in [1.165, 1.54) is 0 Å². The van der Waals surface area contributed by atoms with E-state index in [0.717, 1.165) is 31.9 Å². The van der Waals surface area contributed by atoms with Gasteiger partial charge in [0, 0.05) is 55.9 Å². The molecule has 1 saturated heterocycles. The molecule has 1 amide bonds. The molecule has 0 saturated carbocycles. The van der Waals surface area contributed by atoms with Gasteiger partial charge in [0.25, 0.3) is 5.91 Å². The molecule has 3 rings (SSSR count). The van der Waals surface area contributed by atoms with Gasteiger partial charge in [-0.2, -0.15) is 0 Å². The number of rotatable bonds is 5. The van der Waals surface area contributed by atoms with Crippen LogP contribution < -0.4 is 15.0 Å². The lowest BCUT2D eigenvalue weighted by atomic mass is 10.2. The molecule has 25 heavy (non-hydrogen) atoms. The van der Waals surface area contributed by atoms with E-state index in [4.69, 9.17) is 4.74 Å². The fourth-order valence-electron chi connectivity index (χ4n) is 2.85. The Morgan fingerprint density at radius 1 is 1.16 bits per heavy atom. The Morgan fingerprint density at radius 3 is 2.56 bits per heavy atom. The standard InChI is InChI=1S/C19H24N4O2/c1-3-25-18-14-16(23-12-10-22(2)11-13-23)4-5-17(18)21-19(24)15-6-8-20-9-7-15/h4-9,14H,3,10-13H2,1-2H3,(H,21,24). The summed E-state index contributed by atoms with van der Waals surface area (Å²) in [6.45, 7) is 6.56. The number of carbonyl (C=O) groups excluding carboxylic acids is 1. The topological polar surface area (TPSA) is 57.7 Å². The molecular formula is C19H24N4O2. The Morgan fingerprint density at radius 2 is 1.88 bits per heavy atom. The first-order chi connectivity index (χ1) is 12.2. The van der Waals surface area contributed by atoms with Gasteiger partial charge in [-0.3, -0.25) is 9.78 Å². The normalized spacial score (nSPS) is 15.0. The van der Waals surface area contributed by atoms with Crippen LogP contribution in [0.15, 0.2) is 42.7 Å². The Kier molecular flexibility index (Phi) is 5.50. The molecule has 1 N–H and O–H groups in total. The average Bonchev–Trinajstić information content (AvgIpc) is 2.65. The Labute approximate surface area is 148 Å². The van der Waals surface area contributed by atoms with E-state index in [0.29, 0.717) is 23.6 Å². The first kappa shape index (κ1) is 17.2. The molecule has 1 aromatic heterocycles. The summed E-state index contributed by atoms with van der Waals surface area (Å²) in [6.07, 6.45) is 3.21. The van der Waals surface area contributed by atoms with E-state index < -0.39 is 0 Å². The van der Waals surface area contributed by atoms with Crippen LogP contribution >= 0.6 is 0 Å². The molecule has 1 aliphatic rings. The number of piperazine rings is 1. The molecule has 1 fully saturated rings. The van der Waals surface area contributed by atoms with Crippen LogP contribution in [0.25, 0.3) is 0 Å². The fourth-order valence-corrected chi connectivity index (χ4v) is 2.85. The van der Waals surface area contributed by atoms with Crippen LogP contribution in [0.3, 0.4) is 0 Å². The molecule has 132 valence electrons. The third-order valence-corrected chi connectivity index (χ3v) is 4.32. The monoisotopic (exact) mass is 340 g/mol. The van der Waals surface area contributed by atoms with Crippen molar-refractivity contribution in [2.75, 3.05) is 50.1 Å². The summed E-state index contributed by atoms with van der Waals surface area (Å²) < 4.78 is 5.76. The molecule has 0 aliphatic carbocycles. The number of aromatic nitrogens is 1. The molecule has 0 radical (unpaired) electrons. The summed E-state index contributed by atoms with van der Waals surface area (Å²) in [5, 5.41) is 2.93. The molecule has 6 nitrogen and oxygen atoms in total. The van der Waals surface area contributed by atoms with E-state index in [9.17, 15) is 4.79 Å². The number of benzene rings is 1. The molecule has 0 bridgehead atoms. The first-order valence-corrected chi connectivity index (χ1v) is 8.59. The largest absolute Gasteiger partial charge is 0.492 e. The van der Waals surface area contributed by atoms with Crippen molar-refractivity contribution >= 4 is 17.3 Å². The second-order valence-electron chi connectivity index (χ2n) is 6.09. The van der Waals surface area contributed by atoms with Gasteiger partial charge in [-0.15, -0.1) is 0 Å². The molecule has 0 atom stereocenters. The SMILES string of the molecule is CCOc1cc(N2CCN(C)CC2)ccc1NC(=O)c1ccncc1. The molecule has 2 heterocycles. The van der Waals surface area contributed by atoms with Gasteiger partial charge in [-0.1, -0.05) is 0 Å². The molecule has 0 unspecified atom stereocenters. The lowest BCUT2D eigenvalue weighted by molar-refractivity contribution is 0.102. The van der Waals surface area contributed by atoms with Crippen LogP contribution in [0.5, 0.6) is 5.75 Å². The lowest BCUT2D eigenvalue weighted by Gasteiger charge is -2.34. The van der Waals surface area contributed by atoms with Crippen molar-refractivity contribution in [3.05, 3.63) is 48.3 Å². The number of anilines is 2.